The van der Waals surface area contributed by atoms with Gasteiger partial charge in [-0.25, -0.2) is 24.3 Å². The van der Waals surface area contributed by atoms with Crippen LogP contribution in [0.3, 0.4) is 0 Å². The van der Waals surface area contributed by atoms with E-state index >= 15 is 0 Å². The predicted octanol–water partition coefficient (Wildman–Crippen LogP) is 7.57. The minimum absolute atomic E-state index is 0.0504. The minimum atomic E-state index is -0.466. The molecule has 0 spiro atoms. The SMILES string of the molecule is Cc1ccc2c(Nc3ccc(F)c(Cl)c3)nccc2c1Cc1ncccc1-c1ncnc2c1ncn2C1CCCCO1. The van der Waals surface area contributed by atoms with Gasteiger partial charge in [0.1, 0.15) is 35.4 Å². The molecule has 10 heteroatoms. The van der Waals surface area contributed by atoms with Crippen LogP contribution in [0, 0.1) is 12.7 Å². The Bertz CT molecular complexity index is 1940. The van der Waals surface area contributed by atoms with Crippen LogP contribution in [0.1, 0.15) is 42.3 Å². The third-order valence-electron chi connectivity index (χ3n) is 7.79. The van der Waals surface area contributed by atoms with Crippen molar-refractivity contribution in [2.45, 2.75) is 38.8 Å². The molecular formula is C32H27ClFN7O. The van der Waals surface area contributed by atoms with Crippen molar-refractivity contribution in [3.05, 3.63) is 101 Å². The largest absolute Gasteiger partial charge is 0.358 e. The smallest absolute Gasteiger partial charge is 0.165 e. The molecule has 1 saturated heterocycles. The summed E-state index contributed by atoms with van der Waals surface area (Å²) < 4.78 is 21.7. The Morgan fingerprint density at radius 2 is 1.93 bits per heavy atom. The van der Waals surface area contributed by atoms with Gasteiger partial charge in [0.2, 0.25) is 0 Å². The Kier molecular flexibility index (Phi) is 6.97. The van der Waals surface area contributed by atoms with E-state index in [1.54, 1.807) is 37.2 Å². The summed E-state index contributed by atoms with van der Waals surface area (Å²) in [5.41, 5.74) is 6.93. The number of fused-ring (bicyclic) bond motifs is 2. The first-order valence-corrected chi connectivity index (χ1v) is 14.3. The van der Waals surface area contributed by atoms with Crippen molar-refractivity contribution in [3.63, 3.8) is 0 Å². The Labute approximate surface area is 246 Å². The molecule has 0 aliphatic carbocycles. The Hall–Kier alpha value is -4.47. The van der Waals surface area contributed by atoms with E-state index in [9.17, 15) is 4.39 Å². The van der Waals surface area contributed by atoms with Crippen LogP contribution >= 0.6 is 11.6 Å². The second-order valence-electron chi connectivity index (χ2n) is 10.4. The van der Waals surface area contributed by atoms with Crippen LogP contribution in [0.15, 0.2) is 73.6 Å². The van der Waals surface area contributed by atoms with Gasteiger partial charge >= 0.3 is 0 Å². The summed E-state index contributed by atoms with van der Waals surface area (Å²) in [7, 11) is 0. The summed E-state index contributed by atoms with van der Waals surface area (Å²) in [6.45, 7) is 2.84. The zero-order chi connectivity index (χ0) is 28.6. The summed E-state index contributed by atoms with van der Waals surface area (Å²) in [4.78, 5) is 23.4. The van der Waals surface area contributed by atoms with Crippen LogP contribution in [0.2, 0.25) is 5.02 Å². The fraction of sp³-hybridized carbons (Fsp3) is 0.219. The van der Waals surface area contributed by atoms with Gasteiger partial charge in [0, 0.05) is 42.1 Å². The molecule has 210 valence electrons. The second kappa shape index (κ2) is 11.1. The van der Waals surface area contributed by atoms with E-state index in [1.165, 1.54) is 6.07 Å². The van der Waals surface area contributed by atoms with E-state index in [4.69, 9.17) is 26.3 Å². The standard InChI is InChI=1S/C32H27ClFN7O/c1-19-7-9-22-21(11-13-36-31(22)40-20-8-10-26(34)25(33)15-20)24(19)16-27-23(5-4-12-35-27)29-30-32(38-17-37-29)41(18-39-30)28-6-2-3-14-42-28/h4-5,7-13,15,17-18,28H,2-3,6,14,16H2,1H3,(H,36,40). The summed E-state index contributed by atoms with van der Waals surface area (Å²) in [6, 6.07) is 14.6. The van der Waals surface area contributed by atoms with Crippen LogP contribution in [0.5, 0.6) is 0 Å². The molecule has 0 saturated carbocycles. The quantitative estimate of drug-likeness (QED) is 0.217. The number of pyridine rings is 2. The Morgan fingerprint density at radius 3 is 2.79 bits per heavy atom. The molecule has 0 amide bonds. The number of ether oxygens (including phenoxy) is 1. The first-order valence-electron chi connectivity index (χ1n) is 13.9. The highest BCUT2D eigenvalue weighted by Crippen LogP contribution is 2.34. The van der Waals surface area contributed by atoms with E-state index in [0.29, 0.717) is 17.9 Å². The van der Waals surface area contributed by atoms with Crippen molar-refractivity contribution in [1.29, 1.82) is 0 Å². The third-order valence-corrected chi connectivity index (χ3v) is 8.08. The Balaban J connectivity index is 1.28. The van der Waals surface area contributed by atoms with E-state index in [0.717, 1.165) is 75.9 Å². The van der Waals surface area contributed by atoms with Crippen LogP contribution in [-0.4, -0.2) is 36.1 Å². The highest BCUT2D eigenvalue weighted by molar-refractivity contribution is 6.31. The van der Waals surface area contributed by atoms with Crippen molar-refractivity contribution < 1.29 is 9.13 Å². The predicted molar refractivity (Wildman–Crippen MR) is 161 cm³/mol. The maximum atomic E-state index is 13.7. The lowest BCUT2D eigenvalue weighted by Crippen LogP contribution is -2.17. The monoisotopic (exact) mass is 579 g/mol. The van der Waals surface area contributed by atoms with Crippen molar-refractivity contribution in [2.24, 2.45) is 0 Å². The summed E-state index contributed by atoms with van der Waals surface area (Å²) >= 11 is 6.01. The molecule has 5 heterocycles. The fourth-order valence-electron chi connectivity index (χ4n) is 5.64. The van der Waals surface area contributed by atoms with Crippen molar-refractivity contribution >= 4 is 45.0 Å². The molecule has 1 aliphatic rings. The third kappa shape index (κ3) is 4.84. The van der Waals surface area contributed by atoms with Gasteiger partial charge in [-0.05, 0) is 79.1 Å². The second-order valence-corrected chi connectivity index (χ2v) is 10.8. The van der Waals surface area contributed by atoms with Gasteiger partial charge in [0.25, 0.3) is 0 Å². The number of rotatable bonds is 6. The van der Waals surface area contributed by atoms with Gasteiger partial charge in [-0.1, -0.05) is 23.7 Å². The molecular weight excluding hydrogens is 553 g/mol. The fourth-order valence-corrected chi connectivity index (χ4v) is 5.82. The molecule has 4 aromatic heterocycles. The number of aromatic nitrogens is 6. The Morgan fingerprint density at radius 1 is 1.00 bits per heavy atom. The zero-order valence-electron chi connectivity index (χ0n) is 22.9. The highest BCUT2D eigenvalue weighted by Gasteiger charge is 2.22. The van der Waals surface area contributed by atoms with Crippen molar-refractivity contribution in [2.75, 3.05) is 11.9 Å². The van der Waals surface area contributed by atoms with Crippen LogP contribution in [0.4, 0.5) is 15.9 Å². The van der Waals surface area contributed by atoms with Crippen LogP contribution in [0.25, 0.3) is 33.2 Å². The number of hydrogen-bond donors (Lipinski definition) is 1. The number of anilines is 2. The number of hydrogen-bond acceptors (Lipinski definition) is 7. The maximum Gasteiger partial charge on any atom is 0.165 e. The average Bonchev–Trinajstić information content (AvgIpc) is 3.46. The molecule has 0 bridgehead atoms. The summed E-state index contributed by atoms with van der Waals surface area (Å²) in [5, 5.41) is 5.33. The van der Waals surface area contributed by atoms with Crippen LogP contribution < -0.4 is 5.32 Å². The zero-order valence-corrected chi connectivity index (χ0v) is 23.6. The summed E-state index contributed by atoms with van der Waals surface area (Å²) in [6.07, 6.45) is 10.6. The van der Waals surface area contributed by atoms with Gasteiger partial charge in [0.15, 0.2) is 5.65 Å². The van der Waals surface area contributed by atoms with Crippen LogP contribution in [-0.2, 0) is 11.2 Å². The molecule has 6 aromatic rings. The number of imidazole rings is 1. The summed E-state index contributed by atoms with van der Waals surface area (Å²) in [5.74, 6) is 0.192. The number of aryl methyl sites for hydroxylation is 1. The number of halogens is 2. The molecule has 8 nitrogen and oxygen atoms in total. The van der Waals surface area contributed by atoms with Gasteiger partial charge in [-0.2, -0.15) is 0 Å². The molecule has 42 heavy (non-hydrogen) atoms. The lowest BCUT2D eigenvalue weighted by molar-refractivity contribution is -0.0298. The number of nitrogens with zero attached hydrogens (tertiary/aromatic N) is 6. The van der Waals surface area contributed by atoms with E-state index < -0.39 is 5.82 Å². The molecule has 7 rings (SSSR count). The molecule has 1 N–H and O–H groups in total. The van der Waals surface area contributed by atoms with Crippen molar-refractivity contribution in [3.8, 4) is 11.3 Å². The minimum Gasteiger partial charge on any atom is -0.358 e. The molecule has 1 atom stereocenters. The van der Waals surface area contributed by atoms with E-state index in [2.05, 4.69) is 33.3 Å². The molecule has 0 radical (unpaired) electrons. The maximum absolute atomic E-state index is 13.7. The van der Waals surface area contributed by atoms with Gasteiger partial charge < -0.3 is 10.1 Å². The number of benzene rings is 2. The molecule has 1 fully saturated rings. The first kappa shape index (κ1) is 26.4. The molecule has 2 aromatic carbocycles. The van der Waals surface area contributed by atoms with Crippen molar-refractivity contribution in [1.82, 2.24) is 29.5 Å². The molecule has 1 aliphatic heterocycles. The average molecular weight is 580 g/mol. The molecule has 1 unspecified atom stereocenters. The topological polar surface area (TPSA) is 90.6 Å². The van der Waals surface area contributed by atoms with E-state index in [1.807, 2.05) is 28.8 Å². The number of nitrogens with one attached hydrogen (secondary N) is 1. The van der Waals surface area contributed by atoms with Gasteiger partial charge in [-0.3, -0.25) is 9.55 Å². The van der Waals surface area contributed by atoms with Gasteiger partial charge in [0.05, 0.1) is 17.0 Å². The lowest BCUT2D eigenvalue weighted by atomic mass is 9.94. The lowest BCUT2D eigenvalue weighted by Gasteiger charge is -2.23. The highest BCUT2D eigenvalue weighted by atomic mass is 35.5. The van der Waals surface area contributed by atoms with Gasteiger partial charge in [-0.15, -0.1) is 0 Å². The van der Waals surface area contributed by atoms with E-state index in [-0.39, 0.29) is 11.3 Å². The first-order chi connectivity index (χ1) is 20.6. The normalized spacial score (nSPS) is 15.4.